The first-order valence-corrected chi connectivity index (χ1v) is 10.5. The Hall–Kier alpha value is -3.10. The van der Waals surface area contributed by atoms with Crippen LogP contribution in [0.15, 0.2) is 70.7 Å². The number of halogens is 1. The quantitative estimate of drug-likeness (QED) is 0.462. The molecule has 152 valence electrons. The third-order valence-corrected chi connectivity index (χ3v) is 5.97. The number of amides is 1. The third kappa shape index (κ3) is 4.24. The van der Waals surface area contributed by atoms with Gasteiger partial charge in [0.2, 0.25) is 5.91 Å². The minimum absolute atomic E-state index is 0.213. The maximum atomic E-state index is 12.7. The lowest BCUT2D eigenvalue weighted by molar-refractivity contribution is -0.117. The van der Waals surface area contributed by atoms with Crippen LogP contribution in [0.2, 0.25) is 5.02 Å². The number of aromatic nitrogens is 4. The molecule has 2 aromatic heterocycles. The van der Waals surface area contributed by atoms with E-state index < -0.39 is 5.69 Å². The fraction of sp³-hybridized carbons (Fsp3) is 0.143. The van der Waals surface area contributed by atoms with E-state index in [1.807, 2.05) is 37.3 Å². The van der Waals surface area contributed by atoms with E-state index in [4.69, 9.17) is 11.6 Å². The van der Waals surface area contributed by atoms with E-state index in [1.54, 1.807) is 30.6 Å². The van der Waals surface area contributed by atoms with Crippen molar-refractivity contribution < 1.29 is 4.79 Å². The number of fused-ring (bicyclic) bond motifs is 1. The van der Waals surface area contributed by atoms with Gasteiger partial charge >= 0.3 is 5.69 Å². The molecule has 30 heavy (non-hydrogen) atoms. The van der Waals surface area contributed by atoms with Crippen molar-refractivity contribution in [3.05, 3.63) is 87.6 Å². The molecule has 0 aliphatic rings. The first-order chi connectivity index (χ1) is 14.5. The molecule has 0 aliphatic carbocycles. The lowest BCUT2D eigenvalue weighted by atomic mass is 10.2. The topological polar surface area (TPSA) is 81.3 Å². The Kier molecular flexibility index (Phi) is 5.87. The largest absolute Gasteiger partial charge is 0.350 e. The summed E-state index contributed by atoms with van der Waals surface area (Å²) >= 11 is 7.58. The highest BCUT2D eigenvalue weighted by atomic mass is 35.5. The van der Waals surface area contributed by atoms with Gasteiger partial charge in [-0.05, 0) is 30.2 Å². The second-order valence-corrected chi connectivity index (χ2v) is 7.97. The van der Waals surface area contributed by atoms with Crippen molar-refractivity contribution in [1.29, 1.82) is 0 Å². The van der Waals surface area contributed by atoms with Crippen LogP contribution >= 0.6 is 23.4 Å². The Morgan fingerprint density at radius 2 is 1.97 bits per heavy atom. The van der Waals surface area contributed by atoms with E-state index in [0.717, 1.165) is 15.8 Å². The molecule has 0 saturated carbocycles. The van der Waals surface area contributed by atoms with Gasteiger partial charge in [0, 0.05) is 28.9 Å². The Morgan fingerprint density at radius 1 is 1.17 bits per heavy atom. The van der Waals surface area contributed by atoms with Crippen LogP contribution in [-0.4, -0.2) is 25.1 Å². The van der Waals surface area contributed by atoms with Crippen molar-refractivity contribution in [2.75, 3.05) is 5.32 Å². The van der Waals surface area contributed by atoms with Crippen LogP contribution in [0.4, 0.5) is 5.69 Å². The van der Waals surface area contributed by atoms with E-state index in [9.17, 15) is 9.59 Å². The molecule has 0 spiro atoms. The molecule has 9 heteroatoms. The van der Waals surface area contributed by atoms with Gasteiger partial charge in [-0.2, -0.15) is 0 Å². The molecule has 0 unspecified atom stereocenters. The number of benzene rings is 2. The normalized spacial score (nSPS) is 11.0. The summed E-state index contributed by atoms with van der Waals surface area (Å²) < 4.78 is 2.54. The fourth-order valence-corrected chi connectivity index (χ4v) is 4.00. The van der Waals surface area contributed by atoms with Gasteiger partial charge < -0.3 is 5.32 Å². The molecule has 2 aromatic carbocycles. The summed E-state index contributed by atoms with van der Waals surface area (Å²) in [5.74, 6) is 0.334. The van der Waals surface area contributed by atoms with Gasteiger partial charge in [-0.25, -0.2) is 18.9 Å². The Labute approximate surface area is 181 Å². The van der Waals surface area contributed by atoms with E-state index in [1.165, 1.54) is 16.2 Å². The molecule has 4 aromatic rings. The predicted molar refractivity (Wildman–Crippen MR) is 118 cm³/mol. The van der Waals surface area contributed by atoms with Crippen LogP contribution in [-0.2, 0) is 17.1 Å². The molecule has 0 atom stereocenters. The van der Waals surface area contributed by atoms with Crippen molar-refractivity contribution in [3.8, 4) is 0 Å². The minimum Gasteiger partial charge on any atom is -0.324 e. The summed E-state index contributed by atoms with van der Waals surface area (Å²) in [6.45, 7) is 1.60. The summed E-state index contributed by atoms with van der Waals surface area (Å²) in [7, 11) is 0. The highest BCUT2D eigenvalue weighted by molar-refractivity contribution is 7.98. The molecule has 0 fully saturated rings. The second-order valence-electron chi connectivity index (χ2n) is 6.60. The average Bonchev–Trinajstić information content (AvgIpc) is 3.06. The monoisotopic (exact) mass is 439 g/mol. The average molecular weight is 440 g/mol. The maximum Gasteiger partial charge on any atom is 0.350 e. The zero-order chi connectivity index (χ0) is 21.1. The summed E-state index contributed by atoms with van der Waals surface area (Å²) in [4.78, 5) is 29.5. The van der Waals surface area contributed by atoms with Crippen molar-refractivity contribution in [2.45, 2.75) is 24.2 Å². The SMILES string of the molecule is Cc1c(Cl)cccc1NC(=O)Cn1nc2c(SCc3ccccc3)nccn2c1=O. The number of nitrogens with one attached hydrogen (secondary N) is 1. The molecule has 7 nitrogen and oxygen atoms in total. The maximum absolute atomic E-state index is 12.7. The number of hydrogen-bond acceptors (Lipinski definition) is 5. The highest BCUT2D eigenvalue weighted by Crippen LogP contribution is 2.24. The standard InChI is InChI=1S/C21H18ClN5O2S/c1-14-16(22)8-5-9-17(14)24-18(28)12-27-21(29)26-11-10-23-20(19(26)25-27)30-13-15-6-3-2-4-7-15/h2-11H,12-13H2,1H3,(H,24,28). The summed E-state index contributed by atoms with van der Waals surface area (Å²) in [5.41, 5.74) is 2.54. The van der Waals surface area contributed by atoms with Gasteiger partial charge in [0.15, 0.2) is 5.65 Å². The molecule has 0 bridgehead atoms. The fourth-order valence-electron chi connectivity index (χ4n) is 2.93. The molecular weight excluding hydrogens is 422 g/mol. The number of thioether (sulfide) groups is 1. The highest BCUT2D eigenvalue weighted by Gasteiger charge is 2.15. The molecule has 1 amide bonds. The van der Waals surface area contributed by atoms with Gasteiger partial charge in [-0.15, -0.1) is 5.10 Å². The molecular formula is C21H18ClN5O2S. The number of nitrogens with zero attached hydrogens (tertiary/aromatic N) is 4. The molecule has 1 N–H and O–H groups in total. The number of hydrogen-bond donors (Lipinski definition) is 1. The molecule has 0 radical (unpaired) electrons. The summed E-state index contributed by atoms with van der Waals surface area (Å²) in [6, 6.07) is 15.2. The van der Waals surface area contributed by atoms with Crippen molar-refractivity contribution in [3.63, 3.8) is 0 Å². The van der Waals surface area contributed by atoms with E-state index in [-0.39, 0.29) is 12.5 Å². The van der Waals surface area contributed by atoms with Crippen LogP contribution in [0.25, 0.3) is 5.65 Å². The van der Waals surface area contributed by atoms with Crippen LogP contribution in [0.1, 0.15) is 11.1 Å². The van der Waals surface area contributed by atoms with Gasteiger partial charge in [0.25, 0.3) is 0 Å². The minimum atomic E-state index is -0.396. The molecule has 0 saturated heterocycles. The Bertz CT molecular complexity index is 1270. The van der Waals surface area contributed by atoms with Gasteiger partial charge in [-0.1, -0.05) is 59.8 Å². The van der Waals surface area contributed by atoms with Crippen molar-refractivity contribution in [2.24, 2.45) is 0 Å². The van der Waals surface area contributed by atoms with Gasteiger partial charge in [0.05, 0.1) is 0 Å². The Morgan fingerprint density at radius 3 is 2.77 bits per heavy atom. The lowest BCUT2D eigenvalue weighted by Gasteiger charge is -2.09. The van der Waals surface area contributed by atoms with E-state index >= 15 is 0 Å². The number of anilines is 1. The summed E-state index contributed by atoms with van der Waals surface area (Å²) in [5, 5.41) is 8.31. The first kappa shape index (κ1) is 20.2. The molecule has 2 heterocycles. The second kappa shape index (κ2) is 8.73. The van der Waals surface area contributed by atoms with Gasteiger partial charge in [0.1, 0.15) is 11.6 Å². The van der Waals surface area contributed by atoms with Crippen LogP contribution < -0.4 is 11.0 Å². The third-order valence-electron chi connectivity index (χ3n) is 4.52. The van der Waals surface area contributed by atoms with E-state index in [2.05, 4.69) is 15.4 Å². The molecule has 4 rings (SSSR count). The van der Waals surface area contributed by atoms with Crippen LogP contribution in [0.5, 0.6) is 0 Å². The van der Waals surface area contributed by atoms with Crippen molar-refractivity contribution >= 4 is 40.6 Å². The number of carbonyl (C=O) groups excluding carboxylic acids is 1. The van der Waals surface area contributed by atoms with Gasteiger partial charge in [-0.3, -0.25) is 4.79 Å². The smallest absolute Gasteiger partial charge is 0.324 e. The van der Waals surface area contributed by atoms with Crippen molar-refractivity contribution in [1.82, 2.24) is 19.2 Å². The zero-order valence-electron chi connectivity index (χ0n) is 16.1. The summed E-state index contributed by atoms with van der Waals surface area (Å²) in [6.07, 6.45) is 3.11. The van der Waals surface area contributed by atoms with Crippen LogP contribution in [0, 0.1) is 6.92 Å². The molecule has 0 aliphatic heterocycles. The Balaban J connectivity index is 1.55. The van der Waals surface area contributed by atoms with E-state index in [0.29, 0.717) is 27.1 Å². The first-order valence-electron chi connectivity index (χ1n) is 9.19. The van der Waals surface area contributed by atoms with Crippen LogP contribution in [0.3, 0.4) is 0 Å². The number of rotatable bonds is 6. The zero-order valence-corrected chi connectivity index (χ0v) is 17.7. The number of carbonyl (C=O) groups is 1. The predicted octanol–water partition coefficient (Wildman–Crippen LogP) is 3.78. The lowest BCUT2D eigenvalue weighted by Crippen LogP contribution is -2.28.